The van der Waals surface area contributed by atoms with E-state index in [0.717, 1.165) is 18.9 Å². The van der Waals surface area contributed by atoms with Crippen LogP contribution in [0.2, 0.25) is 0 Å². The summed E-state index contributed by atoms with van der Waals surface area (Å²) in [5, 5.41) is 0. The van der Waals surface area contributed by atoms with Crippen molar-refractivity contribution in [2.45, 2.75) is 32.9 Å². The van der Waals surface area contributed by atoms with E-state index < -0.39 is 11.7 Å². The summed E-state index contributed by atoms with van der Waals surface area (Å²) >= 11 is 0. The fraction of sp³-hybridized carbons (Fsp3) is 0.500. The molecule has 0 heterocycles. The molecule has 0 fully saturated rings. The van der Waals surface area contributed by atoms with Crippen molar-refractivity contribution < 1.29 is 18.0 Å². The molecule has 0 aliphatic carbocycles. The number of carbonyl (C=O) groups excluding carboxylic acids is 1. The molecule has 1 aromatic rings. The first-order valence-corrected chi connectivity index (χ1v) is 6.35. The number of benzene rings is 1. The molecule has 19 heavy (non-hydrogen) atoms. The zero-order valence-corrected chi connectivity index (χ0v) is 11.1. The number of hydrogen-bond donors (Lipinski definition) is 0. The van der Waals surface area contributed by atoms with Gasteiger partial charge in [-0.25, -0.2) is 0 Å². The monoisotopic (exact) mass is 273 g/mol. The van der Waals surface area contributed by atoms with E-state index in [-0.39, 0.29) is 11.8 Å². The predicted molar refractivity (Wildman–Crippen MR) is 69.6 cm³/mol. The lowest BCUT2D eigenvalue weighted by molar-refractivity contribution is -0.137. The van der Waals surface area contributed by atoms with Gasteiger partial charge < -0.3 is 4.90 Å². The van der Waals surface area contributed by atoms with Crippen LogP contribution < -0.4 is 4.90 Å². The maximum absolute atomic E-state index is 12.9. The highest BCUT2D eigenvalue weighted by Crippen LogP contribution is 2.34. The highest BCUT2D eigenvalue weighted by molar-refractivity contribution is 5.79. The quantitative estimate of drug-likeness (QED) is 0.726. The molecular weight excluding hydrogens is 255 g/mol. The van der Waals surface area contributed by atoms with Crippen LogP contribution in [0.4, 0.5) is 18.9 Å². The van der Waals surface area contributed by atoms with Crippen LogP contribution in [0.1, 0.15) is 42.6 Å². The van der Waals surface area contributed by atoms with Crippen molar-refractivity contribution in [1.29, 1.82) is 0 Å². The number of aldehydes is 1. The van der Waals surface area contributed by atoms with E-state index in [0.29, 0.717) is 18.8 Å². The molecule has 106 valence electrons. The average Bonchev–Trinajstić information content (AvgIpc) is 2.38. The van der Waals surface area contributed by atoms with E-state index >= 15 is 0 Å². The third kappa shape index (κ3) is 3.98. The van der Waals surface area contributed by atoms with Gasteiger partial charge in [-0.1, -0.05) is 13.3 Å². The summed E-state index contributed by atoms with van der Waals surface area (Å²) in [6, 6.07) is 3.86. The molecular formula is C14H18F3NO. The number of anilines is 1. The highest BCUT2D eigenvalue weighted by Gasteiger charge is 2.33. The average molecular weight is 273 g/mol. The molecule has 1 rings (SSSR count). The van der Waals surface area contributed by atoms with Crippen LogP contribution in [0.15, 0.2) is 18.2 Å². The van der Waals surface area contributed by atoms with Gasteiger partial charge in [0.1, 0.15) is 0 Å². The summed E-state index contributed by atoms with van der Waals surface area (Å²) < 4.78 is 38.6. The Morgan fingerprint density at radius 3 is 2.42 bits per heavy atom. The van der Waals surface area contributed by atoms with Gasteiger partial charge in [-0.2, -0.15) is 13.2 Å². The Hall–Kier alpha value is -1.52. The lowest BCUT2D eigenvalue weighted by Crippen LogP contribution is -2.24. The molecule has 0 aromatic heterocycles. The molecule has 0 aliphatic heterocycles. The molecule has 0 spiro atoms. The normalized spacial score (nSPS) is 11.4. The second-order valence-corrected chi connectivity index (χ2v) is 4.32. The van der Waals surface area contributed by atoms with Crippen LogP contribution in [0, 0.1) is 0 Å². The predicted octanol–water partition coefficient (Wildman–Crippen LogP) is 4.14. The first kappa shape index (κ1) is 15.5. The number of hydrogen-bond acceptors (Lipinski definition) is 2. The minimum atomic E-state index is -4.50. The molecule has 2 nitrogen and oxygen atoms in total. The zero-order valence-electron chi connectivity index (χ0n) is 11.1. The van der Waals surface area contributed by atoms with Gasteiger partial charge in [0.25, 0.3) is 0 Å². The van der Waals surface area contributed by atoms with Gasteiger partial charge in [-0.05, 0) is 31.5 Å². The molecule has 1 aromatic carbocycles. The van der Waals surface area contributed by atoms with E-state index in [4.69, 9.17) is 0 Å². The van der Waals surface area contributed by atoms with Crippen molar-refractivity contribution in [3.63, 3.8) is 0 Å². The van der Waals surface area contributed by atoms with Crippen LogP contribution in [-0.2, 0) is 6.18 Å². The molecule has 0 saturated heterocycles. The fourth-order valence-electron chi connectivity index (χ4n) is 1.91. The van der Waals surface area contributed by atoms with Gasteiger partial charge in [0, 0.05) is 24.3 Å². The van der Waals surface area contributed by atoms with E-state index in [9.17, 15) is 18.0 Å². The van der Waals surface area contributed by atoms with E-state index in [1.54, 1.807) is 6.07 Å². The van der Waals surface area contributed by atoms with Crippen LogP contribution >= 0.6 is 0 Å². The fourth-order valence-corrected chi connectivity index (χ4v) is 1.91. The minimum absolute atomic E-state index is 0.245. The number of halogens is 3. The molecule has 0 bridgehead atoms. The number of unbranched alkanes of at least 4 members (excludes halogenated alkanes) is 1. The van der Waals surface area contributed by atoms with Gasteiger partial charge in [-0.15, -0.1) is 0 Å². The Morgan fingerprint density at radius 2 is 1.95 bits per heavy atom. The van der Waals surface area contributed by atoms with Gasteiger partial charge in [-0.3, -0.25) is 4.79 Å². The first-order valence-electron chi connectivity index (χ1n) is 6.35. The highest BCUT2D eigenvalue weighted by atomic mass is 19.4. The van der Waals surface area contributed by atoms with Gasteiger partial charge in [0.05, 0.1) is 5.56 Å². The smallest absolute Gasteiger partial charge is 0.372 e. The summed E-state index contributed by atoms with van der Waals surface area (Å²) in [6.07, 6.45) is -2.36. The van der Waals surface area contributed by atoms with Crippen LogP contribution in [-0.4, -0.2) is 19.4 Å². The molecule has 0 aliphatic rings. The number of carbonyl (C=O) groups is 1. The van der Waals surface area contributed by atoms with Crippen molar-refractivity contribution in [3.8, 4) is 0 Å². The third-order valence-corrected chi connectivity index (χ3v) is 3.00. The number of nitrogens with zero attached hydrogens (tertiary/aromatic N) is 1. The summed E-state index contributed by atoms with van der Waals surface area (Å²) in [4.78, 5) is 12.6. The molecule has 0 saturated carbocycles. The Morgan fingerprint density at radius 1 is 1.26 bits per heavy atom. The molecule has 0 radical (unpaired) electrons. The Balaban J connectivity index is 3.12. The molecule has 5 heteroatoms. The molecule has 0 amide bonds. The lowest BCUT2D eigenvalue weighted by atomic mass is 10.1. The molecule has 0 unspecified atom stereocenters. The Bertz CT molecular complexity index is 429. The number of rotatable bonds is 6. The van der Waals surface area contributed by atoms with Crippen LogP contribution in [0.25, 0.3) is 0 Å². The third-order valence-electron chi connectivity index (χ3n) is 3.00. The summed E-state index contributed by atoms with van der Waals surface area (Å²) in [5.74, 6) is 0. The standard InChI is InChI=1S/C14H18F3NO/c1-3-5-8-18(4-2)12-7-6-11(10-19)13(9-12)14(15,16)17/h6-7,9-10H,3-5,8H2,1-2H3. The number of alkyl halides is 3. The topological polar surface area (TPSA) is 20.3 Å². The minimum Gasteiger partial charge on any atom is -0.372 e. The summed E-state index contributed by atoms with van der Waals surface area (Å²) in [7, 11) is 0. The van der Waals surface area contributed by atoms with Crippen molar-refractivity contribution in [2.24, 2.45) is 0 Å². The van der Waals surface area contributed by atoms with E-state index in [1.165, 1.54) is 6.07 Å². The SMILES string of the molecule is CCCCN(CC)c1ccc(C=O)c(C(F)(F)F)c1. The lowest BCUT2D eigenvalue weighted by Gasteiger charge is -2.24. The van der Waals surface area contributed by atoms with Crippen LogP contribution in [0.3, 0.4) is 0 Å². The van der Waals surface area contributed by atoms with Gasteiger partial charge in [0.15, 0.2) is 6.29 Å². The first-order chi connectivity index (χ1) is 8.93. The van der Waals surface area contributed by atoms with Crippen molar-refractivity contribution in [2.75, 3.05) is 18.0 Å². The second kappa shape index (κ2) is 6.59. The Labute approximate surface area is 111 Å². The van der Waals surface area contributed by atoms with E-state index in [2.05, 4.69) is 0 Å². The van der Waals surface area contributed by atoms with Crippen molar-refractivity contribution in [1.82, 2.24) is 0 Å². The summed E-state index contributed by atoms with van der Waals surface area (Å²) in [5.41, 5.74) is -0.674. The van der Waals surface area contributed by atoms with E-state index in [1.807, 2.05) is 18.7 Å². The molecule has 0 N–H and O–H groups in total. The van der Waals surface area contributed by atoms with Crippen molar-refractivity contribution in [3.05, 3.63) is 29.3 Å². The Kier molecular flexibility index (Phi) is 5.39. The second-order valence-electron chi connectivity index (χ2n) is 4.32. The zero-order chi connectivity index (χ0) is 14.5. The largest absolute Gasteiger partial charge is 0.417 e. The van der Waals surface area contributed by atoms with Crippen LogP contribution in [0.5, 0.6) is 0 Å². The molecule has 0 atom stereocenters. The maximum atomic E-state index is 12.9. The van der Waals surface area contributed by atoms with Gasteiger partial charge >= 0.3 is 6.18 Å². The van der Waals surface area contributed by atoms with Gasteiger partial charge in [0.2, 0.25) is 0 Å². The summed E-state index contributed by atoms with van der Waals surface area (Å²) in [6.45, 7) is 5.28. The maximum Gasteiger partial charge on any atom is 0.417 e. The van der Waals surface area contributed by atoms with Crippen molar-refractivity contribution >= 4 is 12.0 Å².